The van der Waals surface area contributed by atoms with Crippen LogP contribution in [0, 0.1) is 5.92 Å². The van der Waals surface area contributed by atoms with Gasteiger partial charge < -0.3 is 10.1 Å². The van der Waals surface area contributed by atoms with Crippen molar-refractivity contribution >= 4 is 17.4 Å². The quantitative estimate of drug-likeness (QED) is 0.763. The maximum Gasteiger partial charge on any atom is 0.134 e. The third kappa shape index (κ3) is 5.33. The molecular formula is C12H20ClN3O. The molecule has 0 fully saturated rings. The van der Waals surface area contributed by atoms with Gasteiger partial charge in [-0.15, -0.1) is 0 Å². The number of anilines is 1. The molecule has 1 aromatic heterocycles. The normalized spacial score (nSPS) is 12.5. The molecule has 1 atom stereocenters. The molecule has 4 nitrogen and oxygen atoms in total. The maximum absolute atomic E-state index is 5.95. The zero-order chi connectivity index (χ0) is 12.7. The van der Waals surface area contributed by atoms with E-state index in [-0.39, 0.29) is 0 Å². The smallest absolute Gasteiger partial charge is 0.134 e. The Bertz CT molecular complexity index is 347. The lowest BCUT2D eigenvalue weighted by Crippen LogP contribution is -2.16. The number of aromatic nitrogens is 2. The van der Waals surface area contributed by atoms with Crippen LogP contribution in [-0.4, -0.2) is 30.2 Å². The van der Waals surface area contributed by atoms with Gasteiger partial charge in [-0.1, -0.05) is 25.4 Å². The molecule has 0 bridgehead atoms. The van der Waals surface area contributed by atoms with E-state index in [9.17, 15) is 0 Å². The number of halogens is 1. The summed E-state index contributed by atoms with van der Waals surface area (Å²) < 4.78 is 5.08. The molecule has 1 rings (SSSR count). The van der Waals surface area contributed by atoms with Gasteiger partial charge in [-0.25, -0.2) is 9.97 Å². The first-order chi connectivity index (χ1) is 8.15. The molecule has 1 heterocycles. The average molecular weight is 258 g/mol. The van der Waals surface area contributed by atoms with Gasteiger partial charge in [-0.05, 0) is 12.3 Å². The molecule has 1 unspecified atom stereocenters. The minimum atomic E-state index is 0.434. The third-order valence-corrected chi connectivity index (χ3v) is 2.49. The van der Waals surface area contributed by atoms with Crippen molar-refractivity contribution in [2.45, 2.75) is 26.7 Å². The lowest BCUT2D eigenvalue weighted by atomic mass is 10.2. The molecule has 1 aromatic rings. The van der Waals surface area contributed by atoms with Gasteiger partial charge in [0.2, 0.25) is 0 Å². The number of rotatable bonds is 7. The van der Waals surface area contributed by atoms with Crippen LogP contribution in [0.4, 0.5) is 5.82 Å². The molecule has 0 amide bonds. The zero-order valence-corrected chi connectivity index (χ0v) is 11.4. The number of aryl methyl sites for hydroxylation is 1. The Balaban J connectivity index is 2.57. The fourth-order valence-electron chi connectivity index (χ4n) is 1.51. The summed E-state index contributed by atoms with van der Waals surface area (Å²) in [4.78, 5) is 8.58. The van der Waals surface area contributed by atoms with Crippen LogP contribution in [0.15, 0.2) is 6.07 Å². The van der Waals surface area contributed by atoms with Crippen molar-refractivity contribution in [2.75, 3.05) is 25.6 Å². The summed E-state index contributed by atoms with van der Waals surface area (Å²) in [6, 6.07) is 1.75. The van der Waals surface area contributed by atoms with Crippen molar-refractivity contribution in [3.63, 3.8) is 0 Å². The Hall–Kier alpha value is -0.870. The van der Waals surface area contributed by atoms with E-state index in [0.29, 0.717) is 11.1 Å². The standard InChI is InChI=1S/C12H20ClN3O/c1-4-5-11-15-10(13)6-12(16-11)14-7-9(2)8-17-3/h6,9H,4-5,7-8H2,1-3H3,(H,14,15,16). The number of hydrogen-bond acceptors (Lipinski definition) is 4. The molecule has 17 heavy (non-hydrogen) atoms. The fourth-order valence-corrected chi connectivity index (χ4v) is 1.71. The zero-order valence-electron chi connectivity index (χ0n) is 10.7. The highest BCUT2D eigenvalue weighted by Gasteiger charge is 2.05. The van der Waals surface area contributed by atoms with Crippen LogP contribution in [0.1, 0.15) is 26.1 Å². The van der Waals surface area contributed by atoms with Crippen molar-refractivity contribution in [3.05, 3.63) is 17.0 Å². The highest BCUT2D eigenvalue weighted by atomic mass is 35.5. The van der Waals surface area contributed by atoms with Crippen molar-refractivity contribution in [1.29, 1.82) is 0 Å². The Labute approximate surface area is 108 Å². The number of ether oxygens (including phenoxy) is 1. The summed E-state index contributed by atoms with van der Waals surface area (Å²) in [5, 5.41) is 3.74. The molecule has 0 saturated carbocycles. The summed E-state index contributed by atoms with van der Waals surface area (Å²) in [5.74, 6) is 2.02. The largest absolute Gasteiger partial charge is 0.384 e. The molecule has 0 aliphatic rings. The van der Waals surface area contributed by atoms with Crippen LogP contribution in [0.25, 0.3) is 0 Å². The lowest BCUT2D eigenvalue weighted by Gasteiger charge is -2.12. The molecule has 0 spiro atoms. The van der Waals surface area contributed by atoms with Gasteiger partial charge in [0.25, 0.3) is 0 Å². The van der Waals surface area contributed by atoms with E-state index in [1.807, 2.05) is 0 Å². The second kappa shape index (κ2) is 7.45. The Kier molecular flexibility index (Phi) is 6.22. The minimum absolute atomic E-state index is 0.434. The maximum atomic E-state index is 5.95. The summed E-state index contributed by atoms with van der Waals surface area (Å²) in [7, 11) is 1.71. The van der Waals surface area contributed by atoms with Crippen molar-refractivity contribution in [3.8, 4) is 0 Å². The molecule has 0 saturated heterocycles. The molecule has 0 aliphatic carbocycles. The Morgan fingerprint density at radius 1 is 1.47 bits per heavy atom. The van der Waals surface area contributed by atoms with Crippen molar-refractivity contribution < 1.29 is 4.74 Å². The number of hydrogen-bond donors (Lipinski definition) is 1. The van der Waals surface area contributed by atoms with E-state index in [0.717, 1.165) is 37.6 Å². The van der Waals surface area contributed by atoms with Crippen molar-refractivity contribution in [2.24, 2.45) is 5.92 Å². The first-order valence-corrected chi connectivity index (χ1v) is 6.29. The first-order valence-electron chi connectivity index (χ1n) is 5.92. The third-order valence-electron chi connectivity index (χ3n) is 2.30. The van der Waals surface area contributed by atoms with Crippen molar-refractivity contribution in [1.82, 2.24) is 9.97 Å². The topological polar surface area (TPSA) is 47.0 Å². The highest BCUT2D eigenvalue weighted by molar-refractivity contribution is 6.29. The van der Waals surface area contributed by atoms with Gasteiger partial charge in [-0.3, -0.25) is 0 Å². The monoisotopic (exact) mass is 257 g/mol. The van der Waals surface area contributed by atoms with Gasteiger partial charge in [0.05, 0.1) is 6.61 Å². The van der Waals surface area contributed by atoms with Gasteiger partial charge in [0.1, 0.15) is 16.8 Å². The molecule has 96 valence electrons. The minimum Gasteiger partial charge on any atom is -0.384 e. The van der Waals surface area contributed by atoms with Crippen LogP contribution < -0.4 is 5.32 Å². The summed E-state index contributed by atoms with van der Waals surface area (Å²) in [6.07, 6.45) is 1.86. The molecule has 1 N–H and O–H groups in total. The van der Waals surface area contributed by atoms with Gasteiger partial charge in [0, 0.05) is 26.1 Å². The average Bonchev–Trinajstić information content (AvgIpc) is 2.26. The first kappa shape index (κ1) is 14.2. The fraction of sp³-hybridized carbons (Fsp3) is 0.667. The van der Waals surface area contributed by atoms with E-state index >= 15 is 0 Å². The van der Waals surface area contributed by atoms with Crippen LogP contribution in [0.5, 0.6) is 0 Å². The number of nitrogens with one attached hydrogen (secondary N) is 1. The Morgan fingerprint density at radius 3 is 2.88 bits per heavy atom. The van der Waals surface area contributed by atoms with E-state index in [2.05, 4.69) is 29.1 Å². The van der Waals surface area contributed by atoms with Crippen LogP contribution in [-0.2, 0) is 11.2 Å². The predicted octanol–water partition coefficient (Wildman–Crippen LogP) is 2.78. The highest BCUT2D eigenvalue weighted by Crippen LogP contribution is 2.13. The Morgan fingerprint density at radius 2 is 2.24 bits per heavy atom. The number of nitrogens with zero attached hydrogens (tertiary/aromatic N) is 2. The summed E-state index contributed by atoms with van der Waals surface area (Å²) in [5.41, 5.74) is 0. The van der Waals surface area contributed by atoms with Crippen LogP contribution >= 0.6 is 11.6 Å². The molecule has 5 heteroatoms. The van der Waals surface area contributed by atoms with Gasteiger partial charge >= 0.3 is 0 Å². The molecular weight excluding hydrogens is 238 g/mol. The second-order valence-electron chi connectivity index (χ2n) is 4.18. The van der Waals surface area contributed by atoms with Gasteiger partial charge in [-0.2, -0.15) is 0 Å². The molecule has 0 aromatic carbocycles. The summed E-state index contributed by atoms with van der Waals surface area (Å²) in [6.45, 7) is 5.75. The lowest BCUT2D eigenvalue weighted by molar-refractivity contribution is 0.164. The number of methoxy groups -OCH3 is 1. The second-order valence-corrected chi connectivity index (χ2v) is 4.57. The summed E-state index contributed by atoms with van der Waals surface area (Å²) >= 11 is 5.95. The van der Waals surface area contributed by atoms with Gasteiger partial charge in [0.15, 0.2) is 0 Å². The van der Waals surface area contributed by atoms with Crippen LogP contribution in [0.3, 0.4) is 0 Å². The van der Waals surface area contributed by atoms with E-state index in [1.54, 1.807) is 13.2 Å². The van der Waals surface area contributed by atoms with E-state index < -0.39 is 0 Å². The van der Waals surface area contributed by atoms with E-state index in [1.165, 1.54) is 0 Å². The van der Waals surface area contributed by atoms with E-state index in [4.69, 9.17) is 16.3 Å². The van der Waals surface area contributed by atoms with Crippen LogP contribution in [0.2, 0.25) is 5.15 Å². The predicted molar refractivity (Wildman–Crippen MR) is 70.6 cm³/mol. The SMILES string of the molecule is CCCc1nc(Cl)cc(NCC(C)COC)n1. The molecule has 0 radical (unpaired) electrons. The molecule has 0 aliphatic heterocycles.